The van der Waals surface area contributed by atoms with E-state index in [2.05, 4.69) is 19.1 Å². The summed E-state index contributed by atoms with van der Waals surface area (Å²) in [6, 6.07) is 2.20. The molecule has 2 nitrogen and oxygen atoms in total. The maximum Gasteiger partial charge on any atom is 0.133 e. The van der Waals surface area contributed by atoms with Gasteiger partial charge in [-0.1, -0.05) is 25.2 Å². The van der Waals surface area contributed by atoms with E-state index in [9.17, 15) is 0 Å². The Morgan fingerprint density at radius 2 is 2.27 bits per heavy atom. The number of rotatable bonds is 3. The summed E-state index contributed by atoms with van der Waals surface area (Å²) in [5.74, 6) is 0.733. The molecular weight excluding hydrogens is 186 g/mol. The molecule has 1 unspecified atom stereocenters. The molecule has 0 aromatic rings. The molecule has 0 aromatic carbocycles. The quantitative estimate of drug-likeness (QED) is 0.658. The van der Waals surface area contributed by atoms with Gasteiger partial charge in [-0.15, -0.1) is 0 Å². The van der Waals surface area contributed by atoms with Crippen molar-refractivity contribution in [3.8, 4) is 6.07 Å². The molecule has 1 aliphatic rings. The van der Waals surface area contributed by atoms with Crippen LogP contribution in [0.25, 0.3) is 0 Å². The lowest BCUT2D eigenvalue weighted by atomic mass is 10.1. The molecule has 0 radical (unpaired) electrons. The summed E-state index contributed by atoms with van der Waals surface area (Å²) < 4.78 is 5.72. The smallest absolute Gasteiger partial charge is 0.133 e. The third kappa shape index (κ3) is 3.63. The van der Waals surface area contributed by atoms with Crippen molar-refractivity contribution in [3.05, 3.63) is 35.6 Å². The predicted molar refractivity (Wildman–Crippen MR) is 61.0 cm³/mol. The molecule has 0 saturated heterocycles. The first-order valence-electron chi connectivity index (χ1n) is 5.39. The van der Waals surface area contributed by atoms with Crippen LogP contribution in [0.15, 0.2) is 35.6 Å². The molecule has 1 atom stereocenters. The van der Waals surface area contributed by atoms with Gasteiger partial charge in [0.2, 0.25) is 0 Å². The SMILES string of the molecule is CCC(C)OC1=C(C#N)CC=CCC=C1. The number of nitrogens with zero attached hydrogens (tertiary/aromatic N) is 1. The lowest BCUT2D eigenvalue weighted by Crippen LogP contribution is -2.07. The third-order valence-corrected chi connectivity index (χ3v) is 2.37. The Balaban J connectivity index is 2.86. The Hall–Kier alpha value is -1.49. The van der Waals surface area contributed by atoms with Crippen LogP contribution in [0.2, 0.25) is 0 Å². The highest BCUT2D eigenvalue weighted by molar-refractivity contribution is 5.34. The molecule has 1 aliphatic carbocycles. The van der Waals surface area contributed by atoms with Crippen molar-refractivity contribution < 1.29 is 4.74 Å². The number of allylic oxidation sites excluding steroid dienone is 5. The predicted octanol–water partition coefficient (Wildman–Crippen LogP) is 3.49. The lowest BCUT2D eigenvalue weighted by Gasteiger charge is -2.15. The van der Waals surface area contributed by atoms with E-state index >= 15 is 0 Å². The van der Waals surface area contributed by atoms with Gasteiger partial charge in [-0.2, -0.15) is 5.26 Å². The van der Waals surface area contributed by atoms with E-state index in [1.807, 2.05) is 25.2 Å². The molecule has 0 fully saturated rings. The molecule has 0 aliphatic heterocycles. The second-order valence-electron chi connectivity index (χ2n) is 3.60. The standard InChI is InChI=1S/C13H17NO/c1-3-11(2)15-13-9-7-5-4-6-8-12(13)10-14/h4,6-7,9,11H,3,5,8H2,1-2H3. The lowest BCUT2D eigenvalue weighted by molar-refractivity contribution is 0.136. The average Bonchev–Trinajstić information content (AvgIpc) is 2.22. The van der Waals surface area contributed by atoms with Gasteiger partial charge in [0.05, 0.1) is 17.7 Å². The zero-order chi connectivity index (χ0) is 11.1. The second kappa shape index (κ2) is 6.08. The van der Waals surface area contributed by atoms with Gasteiger partial charge in [-0.25, -0.2) is 0 Å². The van der Waals surface area contributed by atoms with Crippen molar-refractivity contribution in [1.82, 2.24) is 0 Å². The molecule has 0 heterocycles. The molecular formula is C13H17NO. The maximum absolute atomic E-state index is 9.01. The van der Waals surface area contributed by atoms with Gasteiger partial charge < -0.3 is 4.74 Å². The maximum atomic E-state index is 9.01. The molecule has 2 heteroatoms. The topological polar surface area (TPSA) is 33.0 Å². The zero-order valence-corrected chi connectivity index (χ0v) is 9.36. The van der Waals surface area contributed by atoms with Crippen molar-refractivity contribution in [2.24, 2.45) is 0 Å². The van der Waals surface area contributed by atoms with Gasteiger partial charge in [0.25, 0.3) is 0 Å². The van der Waals surface area contributed by atoms with E-state index < -0.39 is 0 Å². The monoisotopic (exact) mass is 203 g/mol. The highest BCUT2D eigenvalue weighted by Gasteiger charge is 2.08. The molecule has 0 N–H and O–H groups in total. The highest BCUT2D eigenvalue weighted by atomic mass is 16.5. The Labute approximate surface area is 91.6 Å². The van der Waals surface area contributed by atoms with E-state index in [4.69, 9.17) is 10.00 Å². The van der Waals surface area contributed by atoms with E-state index in [-0.39, 0.29) is 6.10 Å². The fraction of sp³-hybridized carbons (Fsp3) is 0.462. The normalized spacial score (nSPS) is 17.9. The number of ether oxygens (including phenoxy) is 1. The van der Waals surface area contributed by atoms with Gasteiger partial charge >= 0.3 is 0 Å². The van der Waals surface area contributed by atoms with Gasteiger partial charge in [0.15, 0.2) is 0 Å². The Morgan fingerprint density at radius 3 is 2.93 bits per heavy atom. The third-order valence-electron chi connectivity index (χ3n) is 2.37. The minimum absolute atomic E-state index is 0.163. The summed E-state index contributed by atoms with van der Waals surface area (Å²) in [6.45, 7) is 4.09. The number of hydrogen-bond donors (Lipinski definition) is 0. The van der Waals surface area contributed by atoms with Crippen molar-refractivity contribution in [2.45, 2.75) is 39.2 Å². The molecule has 0 spiro atoms. The van der Waals surface area contributed by atoms with Crippen LogP contribution < -0.4 is 0 Å². The van der Waals surface area contributed by atoms with Crippen LogP contribution in [0.1, 0.15) is 33.1 Å². The van der Waals surface area contributed by atoms with Crippen LogP contribution in [-0.4, -0.2) is 6.10 Å². The van der Waals surface area contributed by atoms with Crippen LogP contribution >= 0.6 is 0 Å². The first-order chi connectivity index (χ1) is 7.27. The molecule has 1 rings (SSSR count). The van der Waals surface area contributed by atoms with Gasteiger partial charge in [-0.3, -0.25) is 0 Å². The first kappa shape index (κ1) is 11.6. The molecule has 0 bridgehead atoms. The summed E-state index contributed by atoms with van der Waals surface area (Å²) in [5, 5.41) is 9.01. The first-order valence-corrected chi connectivity index (χ1v) is 5.39. The Morgan fingerprint density at radius 1 is 1.47 bits per heavy atom. The van der Waals surface area contributed by atoms with Crippen LogP contribution in [-0.2, 0) is 4.74 Å². The van der Waals surface area contributed by atoms with Crippen molar-refractivity contribution in [1.29, 1.82) is 5.26 Å². The van der Waals surface area contributed by atoms with Gasteiger partial charge in [0.1, 0.15) is 5.76 Å². The van der Waals surface area contributed by atoms with Gasteiger partial charge in [0, 0.05) is 6.42 Å². The highest BCUT2D eigenvalue weighted by Crippen LogP contribution is 2.17. The fourth-order valence-corrected chi connectivity index (χ4v) is 1.26. The summed E-state index contributed by atoms with van der Waals surface area (Å²) in [6.07, 6.45) is 10.7. The van der Waals surface area contributed by atoms with E-state index in [0.29, 0.717) is 12.0 Å². The largest absolute Gasteiger partial charge is 0.490 e. The molecule has 0 saturated carbocycles. The summed E-state index contributed by atoms with van der Waals surface area (Å²) in [5.41, 5.74) is 0.711. The minimum Gasteiger partial charge on any atom is -0.490 e. The average molecular weight is 203 g/mol. The van der Waals surface area contributed by atoms with Gasteiger partial charge in [-0.05, 0) is 25.8 Å². The number of hydrogen-bond acceptors (Lipinski definition) is 2. The summed E-state index contributed by atoms with van der Waals surface area (Å²) in [4.78, 5) is 0. The molecule has 0 aromatic heterocycles. The minimum atomic E-state index is 0.163. The van der Waals surface area contributed by atoms with Crippen LogP contribution in [0.5, 0.6) is 0 Å². The molecule has 80 valence electrons. The summed E-state index contributed by atoms with van der Waals surface area (Å²) in [7, 11) is 0. The number of nitriles is 1. The van der Waals surface area contributed by atoms with E-state index in [1.54, 1.807) is 0 Å². The Bertz CT molecular complexity index is 331. The fourth-order valence-electron chi connectivity index (χ4n) is 1.26. The van der Waals surface area contributed by atoms with Crippen molar-refractivity contribution >= 4 is 0 Å². The van der Waals surface area contributed by atoms with Crippen molar-refractivity contribution in [2.75, 3.05) is 0 Å². The van der Waals surface area contributed by atoms with Crippen LogP contribution in [0, 0.1) is 11.3 Å². The van der Waals surface area contributed by atoms with E-state index in [1.165, 1.54) is 0 Å². The zero-order valence-electron chi connectivity index (χ0n) is 9.36. The second-order valence-corrected chi connectivity index (χ2v) is 3.60. The molecule has 15 heavy (non-hydrogen) atoms. The van der Waals surface area contributed by atoms with Crippen LogP contribution in [0.4, 0.5) is 0 Å². The summed E-state index contributed by atoms with van der Waals surface area (Å²) >= 11 is 0. The van der Waals surface area contributed by atoms with Crippen LogP contribution in [0.3, 0.4) is 0 Å². The Kier molecular flexibility index (Phi) is 4.70. The van der Waals surface area contributed by atoms with E-state index in [0.717, 1.165) is 18.6 Å². The molecule has 0 amide bonds. The van der Waals surface area contributed by atoms with Crippen molar-refractivity contribution in [3.63, 3.8) is 0 Å².